The van der Waals surface area contributed by atoms with Gasteiger partial charge in [0.05, 0.1) is 10.2 Å². The molecule has 0 aliphatic rings. The minimum atomic E-state index is -0.849. The Morgan fingerprint density at radius 2 is 2.31 bits per heavy atom. The number of likely N-dealkylation sites (N-methyl/N-ethyl adjacent to an activating group) is 1. The lowest BCUT2D eigenvalue weighted by molar-refractivity contribution is -0.135. The van der Waals surface area contributed by atoms with Gasteiger partial charge in [0, 0.05) is 7.05 Å². The Balaban J connectivity index is 2.35. The number of rotatable bonds is 3. The maximum atomic E-state index is 10.6. The Kier molecular flexibility index (Phi) is 2.78. The summed E-state index contributed by atoms with van der Waals surface area (Å²) in [6, 6.07) is 6.02. The standard InChI is InChI=1S/C11H12N2O2S/c1-7-3-4-8-9(5-7)16-11(12-8)13(2)6-10(14)15/h3-5H,6H2,1-2H3,(H,14,15). The lowest BCUT2D eigenvalue weighted by Crippen LogP contribution is -2.24. The maximum absolute atomic E-state index is 10.6. The minimum absolute atomic E-state index is 0.0290. The fourth-order valence-corrected chi connectivity index (χ4v) is 2.48. The number of aryl methyl sites for hydroxylation is 1. The minimum Gasteiger partial charge on any atom is -0.480 e. The number of carbonyl (C=O) groups is 1. The van der Waals surface area contributed by atoms with Gasteiger partial charge >= 0.3 is 5.97 Å². The van der Waals surface area contributed by atoms with Crippen molar-refractivity contribution in [3.63, 3.8) is 0 Å². The molecule has 0 spiro atoms. The van der Waals surface area contributed by atoms with Crippen LogP contribution >= 0.6 is 11.3 Å². The first-order chi connectivity index (χ1) is 7.56. The summed E-state index contributed by atoms with van der Waals surface area (Å²) < 4.78 is 1.09. The summed E-state index contributed by atoms with van der Waals surface area (Å²) in [5.74, 6) is -0.849. The summed E-state index contributed by atoms with van der Waals surface area (Å²) in [6.07, 6.45) is 0. The molecule has 84 valence electrons. The first kappa shape index (κ1) is 10.9. The van der Waals surface area contributed by atoms with Crippen molar-refractivity contribution < 1.29 is 9.90 Å². The fraction of sp³-hybridized carbons (Fsp3) is 0.273. The molecule has 5 heteroatoms. The number of hydrogen-bond donors (Lipinski definition) is 1. The average molecular weight is 236 g/mol. The Labute approximate surface area is 97.1 Å². The van der Waals surface area contributed by atoms with Crippen LogP contribution < -0.4 is 4.90 Å². The summed E-state index contributed by atoms with van der Waals surface area (Å²) in [6.45, 7) is 2.00. The van der Waals surface area contributed by atoms with E-state index in [0.717, 1.165) is 15.3 Å². The van der Waals surface area contributed by atoms with Crippen LogP contribution in [0.5, 0.6) is 0 Å². The van der Waals surface area contributed by atoms with E-state index in [0.29, 0.717) is 0 Å². The molecule has 0 radical (unpaired) electrons. The van der Waals surface area contributed by atoms with Gasteiger partial charge < -0.3 is 10.0 Å². The number of benzene rings is 1. The van der Waals surface area contributed by atoms with Crippen LogP contribution in [-0.2, 0) is 4.79 Å². The van der Waals surface area contributed by atoms with Crippen molar-refractivity contribution in [3.05, 3.63) is 23.8 Å². The quantitative estimate of drug-likeness (QED) is 0.887. The third kappa shape index (κ3) is 2.14. The summed E-state index contributed by atoms with van der Waals surface area (Å²) in [7, 11) is 1.73. The largest absolute Gasteiger partial charge is 0.480 e. The van der Waals surface area contributed by atoms with Gasteiger partial charge in [-0.25, -0.2) is 4.98 Å². The van der Waals surface area contributed by atoms with Crippen molar-refractivity contribution in [1.82, 2.24) is 4.98 Å². The molecular weight excluding hydrogens is 224 g/mol. The zero-order valence-electron chi connectivity index (χ0n) is 9.10. The van der Waals surface area contributed by atoms with E-state index < -0.39 is 5.97 Å². The van der Waals surface area contributed by atoms with E-state index in [1.165, 1.54) is 16.9 Å². The number of fused-ring (bicyclic) bond motifs is 1. The smallest absolute Gasteiger partial charge is 0.323 e. The molecule has 0 atom stereocenters. The molecule has 2 aromatic rings. The molecule has 0 saturated carbocycles. The highest BCUT2D eigenvalue weighted by Gasteiger charge is 2.10. The zero-order chi connectivity index (χ0) is 11.7. The van der Waals surface area contributed by atoms with E-state index in [4.69, 9.17) is 5.11 Å². The van der Waals surface area contributed by atoms with Crippen molar-refractivity contribution in [1.29, 1.82) is 0 Å². The Bertz CT molecular complexity index is 536. The molecule has 0 unspecified atom stereocenters. The summed E-state index contributed by atoms with van der Waals surface area (Å²) >= 11 is 1.51. The van der Waals surface area contributed by atoms with Crippen molar-refractivity contribution in [2.75, 3.05) is 18.5 Å². The average Bonchev–Trinajstić information content (AvgIpc) is 2.59. The molecule has 1 heterocycles. The highest BCUT2D eigenvalue weighted by Crippen LogP contribution is 2.28. The molecule has 0 fully saturated rings. The molecule has 16 heavy (non-hydrogen) atoms. The second kappa shape index (κ2) is 4.09. The monoisotopic (exact) mass is 236 g/mol. The van der Waals surface area contributed by atoms with E-state index in [1.807, 2.05) is 19.1 Å². The summed E-state index contributed by atoms with van der Waals surface area (Å²) in [5.41, 5.74) is 2.10. The summed E-state index contributed by atoms with van der Waals surface area (Å²) in [5, 5.41) is 9.44. The molecule has 1 aromatic heterocycles. The zero-order valence-corrected chi connectivity index (χ0v) is 9.91. The van der Waals surface area contributed by atoms with Gasteiger partial charge in [0.2, 0.25) is 0 Å². The molecule has 4 nitrogen and oxygen atoms in total. The predicted molar refractivity (Wildman–Crippen MR) is 65.3 cm³/mol. The maximum Gasteiger partial charge on any atom is 0.323 e. The van der Waals surface area contributed by atoms with Gasteiger partial charge in [-0.15, -0.1) is 0 Å². The van der Waals surface area contributed by atoms with Crippen molar-refractivity contribution >= 4 is 32.7 Å². The van der Waals surface area contributed by atoms with Crippen molar-refractivity contribution in [2.24, 2.45) is 0 Å². The van der Waals surface area contributed by atoms with Gasteiger partial charge in [-0.05, 0) is 24.6 Å². The van der Waals surface area contributed by atoms with Gasteiger partial charge in [0.25, 0.3) is 0 Å². The number of thiazole rings is 1. The van der Waals surface area contributed by atoms with Gasteiger partial charge in [-0.3, -0.25) is 4.79 Å². The SMILES string of the molecule is Cc1ccc2nc(N(C)CC(=O)O)sc2c1. The normalized spacial score (nSPS) is 10.6. The fourth-order valence-electron chi connectivity index (χ4n) is 1.45. The van der Waals surface area contributed by atoms with Crippen molar-refractivity contribution in [2.45, 2.75) is 6.92 Å². The van der Waals surface area contributed by atoms with Crippen LogP contribution in [0.25, 0.3) is 10.2 Å². The van der Waals surface area contributed by atoms with E-state index in [1.54, 1.807) is 11.9 Å². The van der Waals surface area contributed by atoms with Crippen molar-refractivity contribution in [3.8, 4) is 0 Å². The van der Waals surface area contributed by atoms with Crippen LogP contribution in [0, 0.1) is 6.92 Å². The molecule has 0 bridgehead atoms. The molecule has 0 aliphatic carbocycles. The first-order valence-electron chi connectivity index (χ1n) is 4.86. The number of carboxylic acid groups (broad SMARTS) is 1. The van der Waals surface area contributed by atoms with Gasteiger partial charge in [0.1, 0.15) is 6.54 Å². The van der Waals surface area contributed by atoms with E-state index >= 15 is 0 Å². The number of nitrogens with zero attached hydrogens (tertiary/aromatic N) is 2. The van der Waals surface area contributed by atoms with E-state index in [9.17, 15) is 4.79 Å². The number of aromatic nitrogens is 1. The van der Waals surface area contributed by atoms with E-state index in [-0.39, 0.29) is 6.54 Å². The number of anilines is 1. The van der Waals surface area contributed by atoms with Gasteiger partial charge in [0.15, 0.2) is 5.13 Å². The number of hydrogen-bond acceptors (Lipinski definition) is 4. The number of aliphatic carboxylic acids is 1. The van der Waals surface area contributed by atoms with Crippen LogP contribution in [0.2, 0.25) is 0 Å². The molecule has 1 N–H and O–H groups in total. The van der Waals surface area contributed by atoms with Gasteiger partial charge in [-0.1, -0.05) is 17.4 Å². The Hall–Kier alpha value is -1.62. The molecule has 0 amide bonds. The predicted octanol–water partition coefficient (Wildman–Crippen LogP) is 2.13. The second-order valence-corrected chi connectivity index (χ2v) is 4.73. The molecule has 2 rings (SSSR count). The van der Waals surface area contributed by atoms with Crippen LogP contribution in [0.4, 0.5) is 5.13 Å². The van der Waals surface area contributed by atoms with Crippen LogP contribution in [0.1, 0.15) is 5.56 Å². The summed E-state index contributed by atoms with van der Waals surface area (Å²) in [4.78, 5) is 16.6. The lowest BCUT2D eigenvalue weighted by atomic mass is 10.2. The topological polar surface area (TPSA) is 53.4 Å². The Morgan fingerprint density at radius 3 is 3.00 bits per heavy atom. The molecule has 0 aliphatic heterocycles. The number of carboxylic acids is 1. The van der Waals surface area contributed by atoms with Crippen LogP contribution in [0.15, 0.2) is 18.2 Å². The van der Waals surface area contributed by atoms with Gasteiger partial charge in [-0.2, -0.15) is 0 Å². The third-order valence-electron chi connectivity index (χ3n) is 2.23. The third-order valence-corrected chi connectivity index (χ3v) is 3.36. The van der Waals surface area contributed by atoms with Crippen LogP contribution in [0.3, 0.4) is 0 Å². The molecule has 1 aromatic carbocycles. The lowest BCUT2D eigenvalue weighted by Gasteiger charge is -2.11. The highest BCUT2D eigenvalue weighted by atomic mass is 32.1. The molecule has 0 saturated heterocycles. The molecular formula is C11H12N2O2S. The second-order valence-electron chi connectivity index (χ2n) is 3.72. The van der Waals surface area contributed by atoms with Crippen LogP contribution in [-0.4, -0.2) is 29.7 Å². The highest BCUT2D eigenvalue weighted by molar-refractivity contribution is 7.22. The van der Waals surface area contributed by atoms with E-state index in [2.05, 4.69) is 11.1 Å². The Morgan fingerprint density at radius 1 is 1.56 bits per heavy atom. The first-order valence-corrected chi connectivity index (χ1v) is 5.68.